The Balaban J connectivity index is 2.44. The molecule has 65 heavy (non-hydrogen) atoms. The number of ether oxygens (including phenoxy) is 4. The molecule has 374 valence electrons. The van der Waals surface area contributed by atoms with Crippen LogP contribution in [-0.4, -0.2) is 97.5 Å². The Hall–Kier alpha value is -2.72. The van der Waals surface area contributed by atoms with Gasteiger partial charge in [0.05, 0.1) is 19.8 Å². The van der Waals surface area contributed by atoms with Crippen LogP contribution in [0.4, 0.5) is 0 Å². The van der Waals surface area contributed by atoms with E-state index >= 15 is 0 Å². The van der Waals surface area contributed by atoms with Crippen molar-refractivity contribution >= 4 is 16.4 Å². The summed E-state index contributed by atoms with van der Waals surface area (Å²) in [6, 6.07) is 0. The van der Waals surface area contributed by atoms with Crippen LogP contribution in [0.1, 0.15) is 174 Å². The van der Waals surface area contributed by atoms with Crippen molar-refractivity contribution in [2.24, 2.45) is 0 Å². The molecule has 1 saturated heterocycles. The first-order chi connectivity index (χ1) is 31.6. The molecule has 1 rings (SSSR count). The summed E-state index contributed by atoms with van der Waals surface area (Å²) in [6.45, 7) is 3.81. The number of hydrogen-bond acceptors (Lipinski definition) is 11. The van der Waals surface area contributed by atoms with Gasteiger partial charge in [-0.05, 0) is 64.2 Å². The zero-order valence-electron chi connectivity index (χ0n) is 40.0. The van der Waals surface area contributed by atoms with Crippen molar-refractivity contribution in [3.63, 3.8) is 0 Å². The monoisotopic (exact) mass is 937 g/mol. The predicted octanol–water partition coefficient (Wildman–Crippen LogP) is 11.2. The number of carbonyl (C=O) groups excluding carboxylic acids is 1. The summed E-state index contributed by atoms with van der Waals surface area (Å²) >= 11 is 0. The highest BCUT2D eigenvalue weighted by Gasteiger charge is 2.48. The van der Waals surface area contributed by atoms with Gasteiger partial charge in [0, 0.05) is 13.0 Å². The second kappa shape index (κ2) is 42.6. The van der Waals surface area contributed by atoms with Crippen molar-refractivity contribution in [2.45, 2.75) is 211 Å². The third-order valence-corrected chi connectivity index (χ3v) is 11.2. The molecule has 13 heteroatoms. The standard InChI is InChI=1S/C52H88O12S/c1-3-5-7-9-11-13-15-17-19-20-21-22-23-24-25-26-27-29-31-33-35-37-39-41-48(54)62-46(45-61-52-50(56)51(64-65(57,58)59)49(55)47(43-53)63-52)44-60-42-40-38-36-34-32-30-28-18-16-14-12-10-8-6-4-2/h5,7,11,13,17,19,21-22,24-25,27,29,33,35,46-47,49-53,55-56H,3-4,6,8-10,12,14-16,18,20,23,26,28,30-32,34,36-45H2,1-2H3,(H,57,58,59)/b7-5-,13-11-,19-17-,22-21-,25-24-,29-27-,35-33-. The van der Waals surface area contributed by atoms with Crippen LogP contribution < -0.4 is 0 Å². The molecule has 0 aromatic rings. The van der Waals surface area contributed by atoms with Crippen molar-refractivity contribution in [1.29, 1.82) is 0 Å². The van der Waals surface area contributed by atoms with Crippen LogP contribution >= 0.6 is 0 Å². The predicted molar refractivity (Wildman–Crippen MR) is 262 cm³/mol. The van der Waals surface area contributed by atoms with E-state index in [2.05, 4.69) is 97.0 Å². The highest BCUT2D eigenvalue weighted by atomic mass is 32.3. The fourth-order valence-electron chi connectivity index (χ4n) is 7.07. The van der Waals surface area contributed by atoms with Crippen LogP contribution in [0.5, 0.6) is 0 Å². The fraction of sp³-hybridized carbons (Fsp3) is 0.712. The molecule has 0 spiro atoms. The number of carbonyl (C=O) groups is 1. The molecule has 4 N–H and O–H groups in total. The van der Waals surface area contributed by atoms with Gasteiger partial charge in [-0.2, -0.15) is 8.42 Å². The Bertz CT molecular complexity index is 1450. The molecule has 0 aromatic heterocycles. The smallest absolute Gasteiger partial charge is 0.397 e. The van der Waals surface area contributed by atoms with Crippen molar-refractivity contribution in [1.82, 2.24) is 0 Å². The Kier molecular flexibility index (Phi) is 39.5. The minimum atomic E-state index is -5.07. The van der Waals surface area contributed by atoms with E-state index in [0.717, 1.165) is 64.2 Å². The quantitative estimate of drug-likeness (QED) is 0.0197. The molecule has 0 radical (unpaired) electrons. The zero-order chi connectivity index (χ0) is 47.5. The highest BCUT2D eigenvalue weighted by Crippen LogP contribution is 2.26. The second-order valence-corrected chi connectivity index (χ2v) is 17.7. The molecule has 12 nitrogen and oxygen atoms in total. The normalized spacial score (nSPS) is 20.4. The minimum Gasteiger partial charge on any atom is -0.457 e. The van der Waals surface area contributed by atoms with Gasteiger partial charge in [0.1, 0.15) is 30.5 Å². The molecule has 0 bridgehead atoms. The Morgan fingerprint density at radius 2 is 1.05 bits per heavy atom. The van der Waals surface area contributed by atoms with E-state index in [4.69, 9.17) is 18.9 Å². The lowest BCUT2D eigenvalue weighted by molar-refractivity contribution is -0.301. The number of hydrogen-bond donors (Lipinski definition) is 4. The van der Waals surface area contributed by atoms with Gasteiger partial charge in [-0.1, -0.05) is 189 Å². The van der Waals surface area contributed by atoms with E-state index in [1.54, 1.807) is 0 Å². The molecule has 1 fully saturated rings. The van der Waals surface area contributed by atoms with Gasteiger partial charge < -0.3 is 34.3 Å². The van der Waals surface area contributed by atoms with E-state index in [9.17, 15) is 33.1 Å². The molecule has 0 amide bonds. The molecule has 1 aliphatic heterocycles. The summed E-state index contributed by atoms with van der Waals surface area (Å²) in [6.07, 6.45) is 47.6. The largest absolute Gasteiger partial charge is 0.457 e. The van der Waals surface area contributed by atoms with Gasteiger partial charge in [0.15, 0.2) is 6.29 Å². The van der Waals surface area contributed by atoms with Crippen LogP contribution in [0.3, 0.4) is 0 Å². The van der Waals surface area contributed by atoms with Crippen LogP contribution in [-0.2, 0) is 38.3 Å². The highest BCUT2D eigenvalue weighted by molar-refractivity contribution is 7.80. The van der Waals surface area contributed by atoms with Crippen LogP contribution in [0.25, 0.3) is 0 Å². The van der Waals surface area contributed by atoms with Gasteiger partial charge >= 0.3 is 16.4 Å². The molecule has 0 aliphatic carbocycles. The number of aliphatic hydroxyl groups is 3. The first kappa shape index (κ1) is 60.3. The van der Waals surface area contributed by atoms with E-state index in [0.29, 0.717) is 19.4 Å². The van der Waals surface area contributed by atoms with Gasteiger partial charge in [-0.25, -0.2) is 4.18 Å². The van der Waals surface area contributed by atoms with Crippen LogP contribution in [0.15, 0.2) is 85.1 Å². The maximum atomic E-state index is 12.9. The summed E-state index contributed by atoms with van der Waals surface area (Å²) in [4.78, 5) is 12.9. The molecular weight excluding hydrogens is 849 g/mol. The van der Waals surface area contributed by atoms with Gasteiger partial charge in [0.2, 0.25) is 0 Å². The van der Waals surface area contributed by atoms with Gasteiger partial charge in [-0.3, -0.25) is 9.35 Å². The zero-order valence-corrected chi connectivity index (χ0v) is 40.8. The minimum absolute atomic E-state index is 0.00994. The van der Waals surface area contributed by atoms with Crippen molar-refractivity contribution in [2.75, 3.05) is 26.4 Å². The third kappa shape index (κ3) is 36.1. The molecule has 0 aromatic carbocycles. The lowest BCUT2D eigenvalue weighted by Crippen LogP contribution is -2.60. The summed E-state index contributed by atoms with van der Waals surface area (Å²) in [5.41, 5.74) is 0. The Morgan fingerprint density at radius 1 is 0.600 bits per heavy atom. The maximum Gasteiger partial charge on any atom is 0.397 e. The molecule has 6 unspecified atom stereocenters. The molecular formula is C52H88O12S. The number of unbranched alkanes of at least 4 members (excludes halogenated alkanes) is 15. The number of allylic oxidation sites excluding steroid dienone is 14. The first-order valence-electron chi connectivity index (χ1n) is 24.8. The first-order valence-corrected chi connectivity index (χ1v) is 26.2. The molecule has 6 atom stereocenters. The van der Waals surface area contributed by atoms with Crippen LogP contribution in [0.2, 0.25) is 0 Å². The third-order valence-electron chi connectivity index (χ3n) is 10.8. The summed E-state index contributed by atoms with van der Waals surface area (Å²) in [7, 11) is -5.07. The second-order valence-electron chi connectivity index (χ2n) is 16.7. The molecule has 1 aliphatic rings. The van der Waals surface area contributed by atoms with Crippen molar-refractivity contribution < 1.29 is 56.2 Å². The number of rotatable bonds is 42. The molecule has 1 heterocycles. The lowest BCUT2D eigenvalue weighted by atomic mass is 9.99. The SMILES string of the molecule is CC/C=C\C/C=C\C/C=C\C/C=C\C/C=C\C/C=C\C/C=C\CCCC(=O)OC(COCCCCCCCCCCCCCCCCC)COC1OC(CO)C(O)C(OS(=O)(=O)O)C1O. The number of aliphatic hydroxyl groups excluding tert-OH is 3. The summed E-state index contributed by atoms with van der Waals surface area (Å²) in [5.74, 6) is -0.458. The topological polar surface area (TPSA) is 178 Å². The van der Waals surface area contributed by atoms with Gasteiger partial charge in [-0.15, -0.1) is 0 Å². The van der Waals surface area contributed by atoms with E-state index in [-0.39, 0.29) is 19.6 Å². The fourth-order valence-corrected chi connectivity index (χ4v) is 7.58. The Morgan fingerprint density at radius 3 is 1.49 bits per heavy atom. The van der Waals surface area contributed by atoms with Crippen LogP contribution in [0, 0.1) is 0 Å². The average molecular weight is 937 g/mol. The average Bonchev–Trinajstić information content (AvgIpc) is 3.28. The summed E-state index contributed by atoms with van der Waals surface area (Å²) < 4.78 is 59.1. The van der Waals surface area contributed by atoms with E-state index in [1.807, 2.05) is 6.08 Å². The van der Waals surface area contributed by atoms with Crippen molar-refractivity contribution in [3.8, 4) is 0 Å². The summed E-state index contributed by atoms with van der Waals surface area (Å²) in [5, 5.41) is 30.7. The number of esters is 1. The van der Waals surface area contributed by atoms with Crippen molar-refractivity contribution in [3.05, 3.63) is 85.1 Å². The maximum absolute atomic E-state index is 12.9. The van der Waals surface area contributed by atoms with E-state index < -0.39 is 59.8 Å². The van der Waals surface area contributed by atoms with Gasteiger partial charge in [0.25, 0.3) is 0 Å². The molecule has 0 saturated carbocycles. The van der Waals surface area contributed by atoms with E-state index in [1.165, 1.54) is 77.0 Å². The Labute approximate surface area is 393 Å². The lowest BCUT2D eigenvalue weighted by Gasteiger charge is -2.41.